The average Bonchev–Trinajstić information content (AvgIpc) is 3.03. The molecule has 2 rings (SSSR count). The third-order valence-corrected chi connectivity index (χ3v) is 4.05. The molecule has 1 aromatic heterocycles. The summed E-state index contributed by atoms with van der Waals surface area (Å²) in [5, 5.41) is 7.86. The third kappa shape index (κ3) is 5.81. The molecule has 0 aliphatic heterocycles. The van der Waals surface area contributed by atoms with Crippen LogP contribution in [0.5, 0.6) is 0 Å². The molecule has 0 aliphatic carbocycles. The summed E-state index contributed by atoms with van der Waals surface area (Å²) >= 11 is 1.35. The lowest BCUT2D eigenvalue weighted by atomic mass is 10.1. The Balaban J connectivity index is 1.96. The fraction of sp³-hybridized carbons (Fsp3) is 0.278. The second-order valence-corrected chi connectivity index (χ2v) is 6.23. The van der Waals surface area contributed by atoms with Gasteiger partial charge in [-0.1, -0.05) is 18.2 Å². The van der Waals surface area contributed by atoms with Crippen molar-refractivity contribution in [2.24, 2.45) is 0 Å². The van der Waals surface area contributed by atoms with Crippen molar-refractivity contribution in [1.82, 2.24) is 4.98 Å². The summed E-state index contributed by atoms with van der Waals surface area (Å²) < 4.78 is 5.41. The molecule has 2 aromatic rings. The standard InChI is InChI=1S/C18H21N3O3S/c1-4-5-10-24-12(2)17(23)21-18-20-16(11-25-18)14-6-8-15(9-7-14)19-13(3)22/h4,6-9,11-12H,1,5,10H2,2-3H3,(H,19,22)(H,20,21,23). The number of hydrogen-bond acceptors (Lipinski definition) is 5. The summed E-state index contributed by atoms with van der Waals surface area (Å²) in [4.78, 5) is 27.5. The summed E-state index contributed by atoms with van der Waals surface area (Å²) in [5.74, 6) is -0.346. The Bertz CT molecular complexity index is 740. The Morgan fingerprint density at radius 2 is 2.04 bits per heavy atom. The highest BCUT2D eigenvalue weighted by Gasteiger charge is 2.15. The minimum atomic E-state index is -0.552. The van der Waals surface area contributed by atoms with Gasteiger partial charge in [-0.25, -0.2) is 4.98 Å². The Morgan fingerprint density at radius 1 is 1.32 bits per heavy atom. The third-order valence-electron chi connectivity index (χ3n) is 3.29. The molecule has 6 nitrogen and oxygen atoms in total. The van der Waals surface area contributed by atoms with Gasteiger partial charge in [0.15, 0.2) is 5.13 Å². The highest BCUT2D eigenvalue weighted by Crippen LogP contribution is 2.26. The maximum atomic E-state index is 12.1. The highest BCUT2D eigenvalue weighted by atomic mass is 32.1. The molecule has 1 unspecified atom stereocenters. The van der Waals surface area contributed by atoms with Gasteiger partial charge in [0, 0.05) is 23.6 Å². The monoisotopic (exact) mass is 359 g/mol. The fourth-order valence-electron chi connectivity index (χ4n) is 2.00. The second-order valence-electron chi connectivity index (χ2n) is 5.38. The van der Waals surface area contributed by atoms with Gasteiger partial charge in [0.2, 0.25) is 5.91 Å². The van der Waals surface area contributed by atoms with Crippen molar-refractivity contribution in [2.45, 2.75) is 26.4 Å². The fourth-order valence-corrected chi connectivity index (χ4v) is 2.72. The van der Waals surface area contributed by atoms with Crippen LogP contribution >= 0.6 is 11.3 Å². The quantitative estimate of drug-likeness (QED) is 0.556. The first-order valence-electron chi connectivity index (χ1n) is 7.86. The summed E-state index contributed by atoms with van der Waals surface area (Å²) in [6.07, 6.45) is 1.90. The van der Waals surface area contributed by atoms with Crippen LogP contribution in [0.4, 0.5) is 10.8 Å². The van der Waals surface area contributed by atoms with E-state index in [1.54, 1.807) is 13.0 Å². The van der Waals surface area contributed by atoms with Gasteiger partial charge in [-0.15, -0.1) is 17.9 Å². The van der Waals surface area contributed by atoms with Gasteiger partial charge in [-0.2, -0.15) is 0 Å². The number of ether oxygens (including phenoxy) is 1. The number of benzene rings is 1. The number of carbonyl (C=O) groups is 2. The van der Waals surface area contributed by atoms with E-state index in [-0.39, 0.29) is 11.8 Å². The molecule has 1 aromatic carbocycles. The Kier molecular flexibility index (Phi) is 6.85. The number of nitrogens with zero attached hydrogens (tertiary/aromatic N) is 1. The number of thiazole rings is 1. The largest absolute Gasteiger partial charge is 0.368 e. The molecule has 7 heteroatoms. The van der Waals surface area contributed by atoms with Crippen LogP contribution in [0.25, 0.3) is 11.3 Å². The molecule has 0 aliphatic rings. The van der Waals surface area contributed by atoms with E-state index in [1.165, 1.54) is 18.3 Å². The van der Waals surface area contributed by atoms with Gasteiger partial charge < -0.3 is 10.1 Å². The van der Waals surface area contributed by atoms with E-state index in [4.69, 9.17) is 4.74 Å². The van der Waals surface area contributed by atoms with E-state index in [2.05, 4.69) is 22.2 Å². The lowest BCUT2D eigenvalue weighted by molar-refractivity contribution is -0.126. The summed E-state index contributed by atoms with van der Waals surface area (Å²) in [5.41, 5.74) is 2.39. The SMILES string of the molecule is C=CCCOC(C)C(=O)Nc1nc(-c2ccc(NC(C)=O)cc2)cs1. The van der Waals surface area contributed by atoms with Crippen LogP contribution in [0.1, 0.15) is 20.3 Å². The topological polar surface area (TPSA) is 80.3 Å². The van der Waals surface area contributed by atoms with Crippen molar-refractivity contribution in [2.75, 3.05) is 17.2 Å². The van der Waals surface area contributed by atoms with Crippen LogP contribution in [0.3, 0.4) is 0 Å². The average molecular weight is 359 g/mol. The smallest absolute Gasteiger partial charge is 0.254 e. The van der Waals surface area contributed by atoms with Gasteiger partial charge >= 0.3 is 0 Å². The van der Waals surface area contributed by atoms with Crippen LogP contribution < -0.4 is 10.6 Å². The molecule has 0 spiro atoms. The second kappa shape index (κ2) is 9.10. The predicted octanol–water partition coefficient (Wildman–Crippen LogP) is 3.69. The van der Waals surface area contributed by atoms with Gasteiger partial charge in [-0.3, -0.25) is 14.9 Å². The zero-order valence-electron chi connectivity index (χ0n) is 14.2. The van der Waals surface area contributed by atoms with Crippen molar-refractivity contribution in [1.29, 1.82) is 0 Å². The molecule has 2 N–H and O–H groups in total. The number of amides is 2. The highest BCUT2D eigenvalue weighted by molar-refractivity contribution is 7.14. The van der Waals surface area contributed by atoms with Crippen LogP contribution in [-0.4, -0.2) is 29.5 Å². The van der Waals surface area contributed by atoms with Crippen LogP contribution in [0.2, 0.25) is 0 Å². The van der Waals surface area contributed by atoms with Crippen LogP contribution in [-0.2, 0) is 14.3 Å². The van der Waals surface area contributed by atoms with Crippen LogP contribution in [0, 0.1) is 0 Å². The minimum Gasteiger partial charge on any atom is -0.368 e. The summed E-state index contributed by atoms with van der Waals surface area (Å²) in [6, 6.07) is 7.35. The van der Waals surface area contributed by atoms with E-state index in [0.717, 1.165) is 16.9 Å². The van der Waals surface area contributed by atoms with Crippen molar-refractivity contribution in [3.8, 4) is 11.3 Å². The van der Waals surface area contributed by atoms with Gasteiger partial charge in [0.1, 0.15) is 6.10 Å². The first kappa shape index (κ1) is 18.8. The zero-order chi connectivity index (χ0) is 18.2. The molecule has 132 valence electrons. The van der Waals surface area contributed by atoms with E-state index in [9.17, 15) is 9.59 Å². The molecule has 1 atom stereocenters. The van der Waals surface area contributed by atoms with Crippen molar-refractivity contribution < 1.29 is 14.3 Å². The first-order chi connectivity index (χ1) is 12.0. The molecule has 1 heterocycles. The van der Waals surface area contributed by atoms with Gasteiger partial charge in [0.25, 0.3) is 5.91 Å². The van der Waals surface area contributed by atoms with E-state index in [1.807, 2.05) is 29.6 Å². The van der Waals surface area contributed by atoms with Gasteiger partial charge in [-0.05, 0) is 25.5 Å². The molecule has 25 heavy (non-hydrogen) atoms. The maximum absolute atomic E-state index is 12.1. The molecule has 0 fully saturated rings. The minimum absolute atomic E-state index is 0.115. The summed E-state index contributed by atoms with van der Waals surface area (Å²) in [7, 11) is 0. The maximum Gasteiger partial charge on any atom is 0.254 e. The van der Waals surface area contributed by atoms with Crippen molar-refractivity contribution in [3.05, 3.63) is 42.3 Å². The molecule has 2 amide bonds. The zero-order valence-corrected chi connectivity index (χ0v) is 15.1. The van der Waals surface area contributed by atoms with E-state index in [0.29, 0.717) is 18.2 Å². The Hall–Kier alpha value is -2.51. The molecular formula is C18H21N3O3S. The molecular weight excluding hydrogens is 338 g/mol. The number of aromatic nitrogens is 1. The summed E-state index contributed by atoms with van der Waals surface area (Å²) in [6.45, 7) is 7.24. The number of anilines is 2. The van der Waals surface area contributed by atoms with Gasteiger partial charge in [0.05, 0.1) is 12.3 Å². The number of hydrogen-bond donors (Lipinski definition) is 2. The van der Waals surface area contributed by atoms with Crippen molar-refractivity contribution >= 4 is 34.0 Å². The Labute approximate surface area is 150 Å². The van der Waals surface area contributed by atoms with Crippen molar-refractivity contribution in [3.63, 3.8) is 0 Å². The van der Waals surface area contributed by atoms with E-state index >= 15 is 0 Å². The number of carbonyl (C=O) groups excluding carboxylic acids is 2. The molecule has 0 saturated heterocycles. The lowest BCUT2D eigenvalue weighted by Gasteiger charge is -2.11. The molecule has 0 saturated carbocycles. The number of rotatable bonds is 8. The van der Waals surface area contributed by atoms with E-state index < -0.39 is 6.10 Å². The lowest BCUT2D eigenvalue weighted by Crippen LogP contribution is -2.27. The van der Waals surface area contributed by atoms with Crippen LogP contribution in [0.15, 0.2) is 42.3 Å². The molecule has 0 radical (unpaired) electrons. The number of nitrogens with one attached hydrogen (secondary N) is 2. The Morgan fingerprint density at radius 3 is 2.68 bits per heavy atom. The normalized spacial score (nSPS) is 11.6. The molecule has 0 bridgehead atoms. The predicted molar refractivity (Wildman–Crippen MR) is 101 cm³/mol. The first-order valence-corrected chi connectivity index (χ1v) is 8.74.